The lowest BCUT2D eigenvalue weighted by molar-refractivity contribution is -0.0676. The molecule has 15 heavy (non-hydrogen) atoms. The average Bonchev–Trinajstić information content (AvgIpc) is 2.16. The van der Waals surface area contributed by atoms with Gasteiger partial charge in [0.25, 0.3) is 5.05 Å². The first-order valence-electron chi connectivity index (χ1n) is 3.86. The second kappa shape index (κ2) is 4.48. The molecule has 0 heterocycles. The first-order chi connectivity index (χ1) is 6.93. The van der Waals surface area contributed by atoms with Gasteiger partial charge in [0.05, 0.1) is 7.11 Å². The van der Waals surface area contributed by atoms with Crippen LogP contribution < -0.4 is 9.47 Å². The highest BCUT2D eigenvalue weighted by atomic mass is 32.1. The Morgan fingerprint density at radius 1 is 1.27 bits per heavy atom. The zero-order valence-electron chi connectivity index (χ0n) is 7.67. The van der Waals surface area contributed by atoms with Gasteiger partial charge in [-0.1, -0.05) is 6.07 Å². The monoisotopic (exact) mass is 236 g/mol. The summed E-state index contributed by atoms with van der Waals surface area (Å²) in [7, 11) is 1.40. The highest BCUT2D eigenvalue weighted by Crippen LogP contribution is 2.24. The van der Waals surface area contributed by atoms with Gasteiger partial charge in [-0.3, -0.25) is 0 Å². The molecule has 82 valence electrons. The van der Waals surface area contributed by atoms with Gasteiger partial charge < -0.3 is 9.47 Å². The Morgan fingerprint density at radius 3 is 2.40 bits per heavy atom. The van der Waals surface area contributed by atoms with E-state index in [1.165, 1.54) is 25.3 Å². The van der Waals surface area contributed by atoms with E-state index in [0.29, 0.717) is 5.75 Å². The second-order valence-electron chi connectivity index (χ2n) is 2.57. The summed E-state index contributed by atoms with van der Waals surface area (Å²) in [5, 5.41) is -1.42. The summed E-state index contributed by atoms with van der Waals surface area (Å²) in [6.45, 7) is 0. The van der Waals surface area contributed by atoms with E-state index in [4.69, 9.17) is 4.74 Å². The van der Waals surface area contributed by atoms with Gasteiger partial charge in [-0.15, -0.1) is 0 Å². The van der Waals surface area contributed by atoms with E-state index >= 15 is 0 Å². The largest absolute Gasteiger partial charge is 0.497 e. The van der Waals surface area contributed by atoms with Crippen LogP contribution in [0.1, 0.15) is 0 Å². The number of alkyl halides is 3. The summed E-state index contributed by atoms with van der Waals surface area (Å²) in [4.78, 5) is 0. The van der Waals surface area contributed by atoms with Gasteiger partial charge in [0.2, 0.25) is 0 Å². The van der Waals surface area contributed by atoms with Gasteiger partial charge in [-0.05, 0) is 24.4 Å². The van der Waals surface area contributed by atoms with Gasteiger partial charge in [-0.25, -0.2) is 0 Å². The van der Waals surface area contributed by atoms with Crippen LogP contribution in [-0.4, -0.2) is 18.3 Å². The van der Waals surface area contributed by atoms with Gasteiger partial charge in [0.1, 0.15) is 11.5 Å². The van der Waals surface area contributed by atoms with Crippen molar-refractivity contribution in [2.75, 3.05) is 7.11 Å². The van der Waals surface area contributed by atoms with Crippen molar-refractivity contribution in [2.24, 2.45) is 0 Å². The molecule has 2 nitrogen and oxygen atoms in total. The third-order valence-corrected chi connectivity index (χ3v) is 1.80. The first kappa shape index (κ1) is 11.8. The molecule has 1 aromatic rings. The number of halogens is 3. The minimum absolute atomic E-state index is 0.00308. The standard InChI is InChI=1S/C9H7F3O2S/c1-13-6-3-2-4-7(5-6)14-8(15)9(10,11)12/h2-5H,1H3. The van der Waals surface area contributed by atoms with Crippen LogP contribution in [0.15, 0.2) is 24.3 Å². The molecule has 0 amide bonds. The topological polar surface area (TPSA) is 18.5 Å². The number of hydrogen-bond donors (Lipinski definition) is 0. The van der Waals surface area contributed by atoms with E-state index in [1.807, 2.05) is 0 Å². The molecule has 0 spiro atoms. The molecular weight excluding hydrogens is 229 g/mol. The maximum absolute atomic E-state index is 12.0. The van der Waals surface area contributed by atoms with Gasteiger partial charge in [-0.2, -0.15) is 13.2 Å². The lowest BCUT2D eigenvalue weighted by Crippen LogP contribution is -2.25. The quantitative estimate of drug-likeness (QED) is 0.735. The van der Waals surface area contributed by atoms with Crippen LogP contribution >= 0.6 is 12.2 Å². The summed E-state index contributed by atoms with van der Waals surface area (Å²) >= 11 is 4.06. The maximum Gasteiger partial charge on any atom is 0.460 e. The fourth-order valence-corrected chi connectivity index (χ4v) is 0.926. The predicted octanol–water partition coefficient (Wildman–Crippen LogP) is 2.96. The molecular formula is C9H7F3O2S. The third kappa shape index (κ3) is 3.39. The molecule has 0 aliphatic carbocycles. The van der Waals surface area contributed by atoms with Crippen LogP contribution in [0.4, 0.5) is 13.2 Å². The second-order valence-corrected chi connectivity index (χ2v) is 2.94. The van der Waals surface area contributed by atoms with Crippen LogP contribution in [-0.2, 0) is 0 Å². The summed E-state index contributed by atoms with van der Waals surface area (Å²) in [5.74, 6) is 0.397. The highest BCUT2D eigenvalue weighted by molar-refractivity contribution is 7.80. The lowest BCUT2D eigenvalue weighted by atomic mass is 10.3. The molecule has 0 aromatic heterocycles. The molecule has 0 atom stereocenters. The fourth-order valence-electron chi connectivity index (χ4n) is 0.830. The number of ether oxygens (including phenoxy) is 2. The summed E-state index contributed by atoms with van der Waals surface area (Å²) in [5.41, 5.74) is 0. The van der Waals surface area contributed by atoms with Crippen molar-refractivity contribution in [1.82, 2.24) is 0 Å². The van der Waals surface area contributed by atoms with Crippen LogP contribution in [0.5, 0.6) is 11.5 Å². The van der Waals surface area contributed by atoms with Crippen molar-refractivity contribution >= 4 is 17.3 Å². The molecule has 0 radical (unpaired) electrons. The zero-order chi connectivity index (χ0) is 11.5. The van der Waals surface area contributed by atoms with Crippen molar-refractivity contribution in [1.29, 1.82) is 0 Å². The number of methoxy groups -OCH3 is 1. The van der Waals surface area contributed by atoms with E-state index in [1.54, 1.807) is 6.07 Å². The Bertz CT molecular complexity index is 363. The molecule has 1 aromatic carbocycles. The zero-order valence-corrected chi connectivity index (χ0v) is 8.48. The summed E-state index contributed by atoms with van der Waals surface area (Å²) in [6.07, 6.45) is -4.63. The Morgan fingerprint density at radius 2 is 1.87 bits per heavy atom. The molecule has 0 fully saturated rings. The van der Waals surface area contributed by atoms with Crippen LogP contribution in [0.25, 0.3) is 0 Å². The lowest BCUT2D eigenvalue weighted by Gasteiger charge is -2.10. The third-order valence-electron chi connectivity index (χ3n) is 1.48. The van der Waals surface area contributed by atoms with Crippen LogP contribution in [0.3, 0.4) is 0 Å². The van der Waals surface area contributed by atoms with Crippen LogP contribution in [0.2, 0.25) is 0 Å². The van der Waals surface area contributed by atoms with Crippen molar-refractivity contribution < 1.29 is 22.6 Å². The summed E-state index contributed by atoms with van der Waals surface area (Å²) < 4.78 is 45.3. The number of rotatable bonds is 2. The Kier molecular flexibility index (Phi) is 3.52. The smallest absolute Gasteiger partial charge is 0.460 e. The van der Waals surface area contributed by atoms with E-state index in [9.17, 15) is 13.2 Å². The Hall–Kier alpha value is -1.30. The van der Waals surface area contributed by atoms with E-state index < -0.39 is 11.2 Å². The molecule has 0 bridgehead atoms. The minimum Gasteiger partial charge on any atom is -0.497 e. The molecule has 0 N–H and O–H groups in total. The molecule has 6 heteroatoms. The minimum atomic E-state index is -4.63. The normalized spacial score (nSPS) is 10.9. The van der Waals surface area contributed by atoms with Crippen molar-refractivity contribution in [3.8, 4) is 11.5 Å². The Balaban J connectivity index is 2.77. The number of benzene rings is 1. The average molecular weight is 236 g/mol. The summed E-state index contributed by atoms with van der Waals surface area (Å²) in [6, 6.07) is 5.77. The molecule has 0 aliphatic heterocycles. The van der Waals surface area contributed by atoms with E-state index in [-0.39, 0.29) is 5.75 Å². The Labute approximate surface area is 89.6 Å². The fraction of sp³-hybridized carbons (Fsp3) is 0.222. The number of thiocarbonyl (C=S) groups is 1. The maximum atomic E-state index is 12.0. The number of hydrogen-bond acceptors (Lipinski definition) is 3. The first-order valence-corrected chi connectivity index (χ1v) is 4.27. The molecule has 1 rings (SSSR count). The molecule has 0 aliphatic rings. The highest BCUT2D eigenvalue weighted by Gasteiger charge is 2.36. The van der Waals surface area contributed by atoms with Crippen molar-refractivity contribution in [3.05, 3.63) is 24.3 Å². The van der Waals surface area contributed by atoms with E-state index in [0.717, 1.165) is 0 Å². The van der Waals surface area contributed by atoms with Crippen molar-refractivity contribution in [3.63, 3.8) is 0 Å². The molecule has 0 saturated carbocycles. The van der Waals surface area contributed by atoms with Crippen LogP contribution in [0, 0.1) is 0 Å². The van der Waals surface area contributed by atoms with Gasteiger partial charge in [0.15, 0.2) is 0 Å². The van der Waals surface area contributed by atoms with Gasteiger partial charge >= 0.3 is 6.18 Å². The molecule has 0 unspecified atom stereocenters. The SMILES string of the molecule is COc1cccc(OC(=S)C(F)(F)F)c1. The predicted molar refractivity (Wildman–Crippen MR) is 52.3 cm³/mol. The van der Waals surface area contributed by atoms with E-state index in [2.05, 4.69) is 17.0 Å². The molecule has 0 saturated heterocycles. The van der Waals surface area contributed by atoms with Crippen molar-refractivity contribution in [2.45, 2.75) is 6.18 Å². The van der Waals surface area contributed by atoms with Gasteiger partial charge in [0, 0.05) is 6.07 Å².